The van der Waals surface area contributed by atoms with E-state index in [0.29, 0.717) is 17.5 Å². The van der Waals surface area contributed by atoms with E-state index in [1.165, 1.54) is 0 Å². The Labute approximate surface area is 209 Å². The van der Waals surface area contributed by atoms with Gasteiger partial charge in [-0.3, -0.25) is 4.79 Å². The number of allylic oxidation sites excluding steroid dienone is 2. The van der Waals surface area contributed by atoms with Gasteiger partial charge in [0.2, 0.25) is 0 Å². The van der Waals surface area contributed by atoms with Crippen molar-refractivity contribution in [3.05, 3.63) is 89.1 Å². The molecule has 0 saturated carbocycles. The third-order valence-corrected chi connectivity index (χ3v) is 9.50. The quantitative estimate of drug-likeness (QED) is 0.401. The largest absolute Gasteiger partial charge is 0.508 e. The molecule has 0 fully saturated rings. The Kier molecular flexibility index (Phi) is 4.99. The first kappa shape index (κ1) is 22.7. The van der Waals surface area contributed by atoms with Gasteiger partial charge in [-0.15, -0.1) is 0 Å². The molecule has 182 valence electrons. The van der Waals surface area contributed by atoms with Crippen molar-refractivity contribution < 1.29 is 18.3 Å². The van der Waals surface area contributed by atoms with Crippen LogP contribution in [0.15, 0.2) is 71.8 Å². The molecule has 4 aromatic rings. The average Bonchev–Trinajstić information content (AvgIpc) is 3.45. The van der Waals surface area contributed by atoms with Crippen LogP contribution < -0.4 is 0 Å². The summed E-state index contributed by atoms with van der Waals surface area (Å²) in [5.41, 5.74) is 5.91. The fourth-order valence-corrected chi connectivity index (χ4v) is 7.19. The summed E-state index contributed by atoms with van der Waals surface area (Å²) in [6, 6.07) is 17.3. The molecule has 0 spiro atoms. The average molecular weight is 499 g/mol. The zero-order chi connectivity index (χ0) is 25.2. The molecule has 7 heteroatoms. The number of benzene rings is 3. The number of Topliss-reactive ketones (excluding diaryl/α,β-unsaturated/α-hetero) is 1. The number of carbonyl (C=O) groups is 1. The van der Waals surface area contributed by atoms with Crippen molar-refractivity contribution in [2.75, 3.05) is 0 Å². The van der Waals surface area contributed by atoms with Crippen molar-refractivity contribution in [1.29, 1.82) is 0 Å². The number of nitrogens with zero attached hydrogens (tertiary/aromatic N) is 2. The van der Waals surface area contributed by atoms with E-state index in [0.717, 1.165) is 56.6 Å². The summed E-state index contributed by atoms with van der Waals surface area (Å²) in [4.78, 5) is 13.4. The SMILES string of the molecule is CCC12CCC(=O)C(c3ccc(O)cc3)=C1c1ccc3c(cnn3S(=O)(=O)c3ccc(C)cc3)c1C2. The lowest BCUT2D eigenvalue weighted by Gasteiger charge is -2.35. The lowest BCUT2D eigenvalue weighted by molar-refractivity contribution is -0.114. The second kappa shape index (κ2) is 7.90. The molecule has 1 unspecified atom stereocenters. The minimum absolute atomic E-state index is 0.102. The summed E-state index contributed by atoms with van der Waals surface area (Å²) in [5, 5.41) is 14.9. The Bertz CT molecular complexity index is 1680. The van der Waals surface area contributed by atoms with Gasteiger partial charge in [-0.1, -0.05) is 42.8 Å². The van der Waals surface area contributed by atoms with Gasteiger partial charge in [-0.25, -0.2) is 0 Å². The molecule has 2 aliphatic carbocycles. The van der Waals surface area contributed by atoms with Gasteiger partial charge in [0.05, 0.1) is 16.6 Å². The van der Waals surface area contributed by atoms with Crippen molar-refractivity contribution in [3.8, 4) is 5.75 Å². The number of ketones is 1. The Morgan fingerprint density at radius 2 is 1.75 bits per heavy atom. The highest BCUT2D eigenvalue weighted by Gasteiger charge is 2.47. The Balaban J connectivity index is 1.58. The first-order valence-corrected chi connectivity index (χ1v) is 13.6. The van der Waals surface area contributed by atoms with Crippen LogP contribution in [0.2, 0.25) is 0 Å². The number of phenolic OH excluding ortho intramolecular Hbond substituents is 1. The molecule has 0 aliphatic heterocycles. The fourth-order valence-electron chi connectivity index (χ4n) is 5.92. The molecule has 6 rings (SSSR count). The Morgan fingerprint density at radius 3 is 2.44 bits per heavy atom. The summed E-state index contributed by atoms with van der Waals surface area (Å²) >= 11 is 0. The molecular weight excluding hydrogens is 472 g/mol. The highest BCUT2D eigenvalue weighted by atomic mass is 32.2. The molecule has 0 amide bonds. The van der Waals surface area contributed by atoms with Gasteiger partial charge < -0.3 is 5.11 Å². The van der Waals surface area contributed by atoms with Crippen LogP contribution in [-0.2, 0) is 21.2 Å². The summed E-state index contributed by atoms with van der Waals surface area (Å²) in [7, 11) is -3.85. The third kappa shape index (κ3) is 3.19. The van der Waals surface area contributed by atoms with Crippen molar-refractivity contribution in [2.24, 2.45) is 5.41 Å². The number of aromatic nitrogens is 2. The second-order valence-corrected chi connectivity index (χ2v) is 11.6. The molecule has 36 heavy (non-hydrogen) atoms. The van der Waals surface area contributed by atoms with E-state index in [-0.39, 0.29) is 21.8 Å². The summed E-state index contributed by atoms with van der Waals surface area (Å²) in [6.45, 7) is 4.07. The predicted molar refractivity (Wildman–Crippen MR) is 139 cm³/mol. The number of hydrogen-bond acceptors (Lipinski definition) is 5. The summed E-state index contributed by atoms with van der Waals surface area (Å²) in [6.07, 6.45) is 4.46. The molecule has 2 aliphatic rings. The van der Waals surface area contributed by atoms with Gasteiger partial charge in [-0.2, -0.15) is 17.6 Å². The molecule has 0 radical (unpaired) electrons. The highest BCUT2D eigenvalue weighted by molar-refractivity contribution is 7.90. The lowest BCUT2D eigenvalue weighted by Crippen LogP contribution is -2.27. The summed E-state index contributed by atoms with van der Waals surface area (Å²) < 4.78 is 28.0. The maximum atomic E-state index is 13.4. The number of rotatable bonds is 4. The maximum Gasteiger partial charge on any atom is 0.283 e. The summed E-state index contributed by atoms with van der Waals surface area (Å²) in [5.74, 6) is 0.260. The molecule has 1 N–H and O–H groups in total. The first-order valence-electron chi connectivity index (χ1n) is 12.1. The maximum absolute atomic E-state index is 13.4. The molecule has 6 nitrogen and oxygen atoms in total. The van der Waals surface area contributed by atoms with E-state index in [2.05, 4.69) is 12.0 Å². The van der Waals surface area contributed by atoms with Gasteiger partial charge >= 0.3 is 0 Å². The first-order chi connectivity index (χ1) is 17.2. The smallest absolute Gasteiger partial charge is 0.283 e. The van der Waals surface area contributed by atoms with Crippen LogP contribution in [0.3, 0.4) is 0 Å². The number of aromatic hydroxyl groups is 1. The van der Waals surface area contributed by atoms with Crippen LogP contribution in [0.5, 0.6) is 5.75 Å². The number of hydrogen-bond donors (Lipinski definition) is 1. The number of fused-ring (bicyclic) bond motifs is 5. The number of phenols is 1. The Morgan fingerprint density at radius 1 is 1.03 bits per heavy atom. The molecule has 0 bridgehead atoms. The van der Waals surface area contributed by atoms with Crippen molar-refractivity contribution in [2.45, 2.75) is 44.4 Å². The standard InChI is InChI=1S/C29H26N2O4S/c1-3-29-15-14-26(33)27(19-6-8-20(32)9-7-19)28(29)22-12-13-25-24(23(22)16-29)17-30-31(25)36(34,35)21-10-4-18(2)5-11-21/h4-13,17,32H,3,14-16H2,1-2H3. The van der Waals surface area contributed by atoms with Crippen LogP contribution in [0.1, 0.15) is 48.4 Å². The van der Waals surface area contributed by atoms with E-state index < -0.39 is 10.0 Å². The number of carbonyl (C=O) groups excluding carboxylic acids is 1. The van der Waals surface area contributed by atoms with Crippen molar-refractivity contribution in [3.63, 3.8) is 0 Å². The molecule has 1 heterocycles. The zero-order valence-electron chi connectivity index (χ0n) is 20.2. The monoisotopic (exact) mass is 498 g/mol. The van der Waals surface area contributed by atoms with Crippen LogP contribution >= 0.6 is 0 Å². The van der Waals surface area contributed by atoms with Crippen LogP contribution in [0.4, 0.5) is 0 Å². The number of aryl methyl sites for hydroxylation is 1. The third-order valence-electron chi connectivity index (χ3n) is 7.89. The van der Waals surface area contributed by atoms with Gasteiger partial charge in [0.15, 0.2) is 5.78 Å². The van der Waals surface area contributed by atoms with Gasteiger partial charge in [-0.05, 0) is 78.8 Å². The molecule has 0 saturated heterocycles. The van der Waals surface area contributed by atoms with Gasteiger partial charge in [0.1, 0.15) is 5.75 Å². The van der Waals surface area contributed by atoms with Crippen LogP contribution in [0, 0.1) is 12.3 Å². The van der Waals surface area contributed by atoms with E-state index in [4.69, 9.17) is 0 Å². The van der Waals surface area contributed by atoms with E-state index in [9.17, 15) is 18.3 Å². The van der Waals surface area contributed by atoms with Crippen LogP contribution in [0.25, 0.3) is 22.0 Å². The van der Waals surface area contributed by atoms with Crippen molar-refractivity contribution in [1.82, 2.24) is 9.19 Å². The second-order valence-electron chi connectivity index (χ2n) is 9.86. The highest BCUT2D eigenvalue weighted by Crippen LogP contribution is 2.58. The topological polar surface area (TPSA) is 89.3 Å². The Hall–Kier alpha value is -3.71. The van der Waals surface area contributed by atoms with Crippen molar-refractivity contribution >= 4 is 37.9 Å². The molecule has 3 aromatic carbocycles. The minimum atomic E-state index is -3.85. The fraction of sp³-hybridized carbons (Fsp3) is 0.241. The molecule has 1 atom stereocenters. The zero-order valence-corrected chi connectivity index (χ0v) is 21.0. The molecule has 1 aromatic heterocycles. The minimum Gasteiger partial charge on any atom is -0.508 e. The van der Waals surface area contributed by atoms with Gasteiger partial charge in [0, 0.05) is 22.8 Å². The van der Waals surface area contributed by atoms with E-state index >= 15 is 0 Å². The van der Waals surface area contributed by atoms with Gasteiger partial charge in [0.25, 0.3) is 10.0 Å². The predicted octanol–water partition coefficient (Wildman–Crippen LogP) is 5.51. The normalized spacial score (nSPS) is 19.6. The van der Waals surface area contributed by atoms with E-state index in [1.807, 2.05) is 13.0 Å². The molecular formula is C29H26N2O4S. The van der Waals surface area contributed by atoms with Crippen LogP contribution in [-0.4, -0.2) is 28.5 Å². The van der Waals surface area contributed by atoms with E-state index in [1.54, 1.807) is 60.8 Å². The lowest BCUT2D eigenvalue weighted by atomic mass is 9.67.